The standard InChI is InChI=1S/C17H25N3O5.ClH/c1-22-13-8-10(9-14(23-2)15(13)24-3)16(21)25-12-6-4-11(5-7-12)20-17(18)19;/h8-9,11-12H,4-7H2,1-3H3,(H4,18,19,20);1H. The average molecular weight is 388 g/mol. The molecule has 0 atom stereocenters. The van der Waals surface area contributed by atoms with Gasteiger partial charge in [-0.25, -0.2) is 4.79 Å². The number of methoxy groups -OCH3 is 3. The molecule has 0 bridgehead atoms. The first-order valence-corrected chi connectivity index (χ1v) is 8.08. The molecule has 4 N–H and O–H groups in total. The summed E-state index contributed by atoms with van der Waals surface area (Å²) in [5, 5.41) is 0. The Hall–Kier alpha value is -2.35. The second-order valence-electron chi connectivity index (χ2n) is 5.80. The van der Waals surface area contributed by atoms with Crippen molar-refractivity contribution in [2.45, 2.75) is 37.8 Å². The number of benzene rings is 1. The fourth-order valence-corrected chi connectivity index (χ4v) is 2.92. The van der Waals surface area contributed by atoms with Crippen LogP contribution in [-0.2, 0) is 4.74 Å². The molecule has 1 saturated carbocycles. The van der Waals surface area contributed by atoms with Gasteiger partial charge in [-0.15, -0.1) is 12.4 Å². The minimum absolute atomic E-state index is 0. The fourth-order valence-electron chi connectivity index (χ4n) is 2.92. The molecule has 1 aliphatic rings. The molecule has 1 aromatic rings. The van der Waals surface area contributed by atoms with Crippen molar-refractivity contribution in [2.75, 3.05) is 21.3 Å². The summed E-state index contributed by atoms with van der Waals surface area (Å²) in [5.74, 6) is 0.914. The van der Waals surface area contributed by atoms with Gasteiger partial charge in [-0.05, 0) is 37.8 Å². The summed E-state index contributed by atoms with van der Waals surface area (Å²) in [6.07, 6.45) is 2.85. The molecule has 0 spiro atoms. The number of carbonyl (C=O) groups excluding carboxylic acids is 1. The minimum Gasteiger partial charge on any atom is -0.493 e. The summed E-state index contributed by atoms with van der Waals surface area (Å²) in [4.78, 5) is 16.6. The van der Waals surface area contributed by atoms with Crippen LogP contribution in [0.15, 0.2) is 17.1 Å². The van der Waals surface area contributed by atoms with E-state index in [1.165, 1.54) is 21.3 Å². The number of hydrogen-bond acceptors (Lipinski definition) is 6. The Morgan fingerprint density at radius 2 is 1.54 bits per heavy atom. The molecule has 0 heterocycles. The largest absolute Gasteiger partial charge is 0.493 e. The van der Waals surface area contributed by atoms with E-state index >= 15 is 0 Å². The lowest BCUT2D eigenvalue weighted by Crippen LogP contribution is -2.30. The van der Waals surface area contributed by atoms with Crippen LogP contribution in [0.2, 0.25) is 0 Å². The lowest BCUT2D eigenvalue weighted by Gasteiger charge is -2.26. The summed E-state index contributed by atoms with van der Waals surface area (Å²) >= 11 is 0. The van der Waals surface area contributed by atoms with Crippen LogP contribution in [0.1, 0.15) is 36.0 Å². The number of nitrogens with two attached hydrogens (primary N) is 2. The molecule has 146 valence electrons. The minimum atomic E-state index is -0.426. The van der Waals surface area contributed by atoms with Gasteiger partial charge in [-0.3, -0.25) is 4.99 Å². The molecule has 8 nitrogen and oxygen atoms in total. The van der Waals surface area contributed by atoms with Gasteiger partial charge in [0, 0.05) is 0 Å². The van der Waals surface area contributed by atoms with Gasteiger partial charge in [-0.1, -0.05) is 0 Å². The van der Waals surface area contributed by atoms with Crippen molar-refractivity contribution >= 4 is 24.3 Å². The van der Waals surface area contributed by atoms with Crippen molar-refractivity contribution in [3.05, 3.63) is 17.7 Å². The second-order valence-corrected chi connectivity index (χ2v) is 5.80. The second kappa shape index (κ2) is 9.96. The van der Waals surface area contributed by atoms with Crippen LogP contribution < -0.4 is 25.7 Å². The fraction of sp³-hybridized carbons (Fsp3) is 0.529. The highest BCUT2D eigenvalue weighted by atomic mass is 35.5. The van der Waals surface area contributed by atoms with Gasteiger partial charge in [-0.2, -0.15) is 0 Å². The monoisotopic (exact) mass is 387 g/mol. The number of rotatable bonds is 6. The normalized spacial score (nSPS) is 18.9. The van der Waals surface area contributed by atoms with Gasteiger partial charge in [0.05, 0.1) is 32.9 Å². The quantitative estimate of drug-likeness (QED) is 0.434. The van der Waals surface area contributed by atoms with Crippen molar-refractivity contribution in [1.82, 2.24) is 0 Å². The number of nitrogens with zero attached hydrogens (tertiary/aromatic N) is 1. The van der Waals surface area contributed by atoms with Gasteiger partial charge in [0.15, 0.2) is 17.5 Å². The summed E-state index contributed by atoms with van der Waals surface area (Å²) in [6, 6.07) is 3.25. The van der Waals surface area contributed by atoms with Gasteiger partial charge in [0.25, 0.3) is 0 Å². The number of ether oxygens (including phenoxy) is 4. The summed E-state index contributed by atoms with van der Waals surface area (Å²) < 4.78 is 21.4. The smallest absolute Gasteiger partial charge is 0.338 e. The maximum atomic E-state index is 12.5. The first kappa shape index (κ1) is 21.7. The third kappa shape index (κ3) is 5.32. The van der Waals surface area contributed by atoms with Crippen molar-refractivity contribution in [3.63, 3.8) is 0 Å². The molecular weight excluding hydrogens is 362 g/mol. The van der Waals surface area contributed by atoms with Gasteiger partial charge >= 0.3 is 5.97 Å². The average Bonchev–Trinajstić information content (AvgIpc) is 2.61. The lowest BCUT2D eigenvalue weighted by atomic mass is 9.93. The van der Waals surface area contributed by atoms with E-state index in [2.05, 4.69) is 4.99 Å². The van der Waals surface area contributed by atoms with E-state index in [0.29, 0.717) is 22.8 Å². The molecule has 26 heavy (non-hydrogen) atoms. The van der Waals surface area contributed by atoms with Crippen molar-refractivity contribution in [3.8, 4) is 17.2 Å². The van der Waals surface area contributed by atoms with Gasteiger partial charge in [0.2, 0.25) is 5.75 Å². The molecule has 0 saturated heterocycles. The van der Waals surface area contributed by atoms with Gasteiger partial charge in [0.1, 0.15) is 6.10 Å². The molecule has 2 rings (SSSR count). The Morgan fingerprint density at radius 1 is 1.00 bits per heavy atom. The molecule has 0 unspecified atom stereocenters. The van der Waals surface area contributed by atoms with Crippen LogP contribution >= 0.6 is 12.4 Å². The molecule has 1 fully saturated rings. The Bertz CT molecular complexity index is 616. The molecule has 0 aliphatic heterocycles. The zero-order valence-corrected chi connectivity index (χ0v) is 16.0. The predicted octanol–water partition coefficient (Wildman–Crippen LogP) is 1.88. The number of carbonyl (C=O) groups is 1. The molecule has 0 radical (unpaired) electrons. The summed E-state index contributed by atoms with van der Waals surface area (Å²) in [5.41, 5.74) is 11.2. The van der Waals surface area contributed by atoms with Gasteiger partial charge < -0.3 is 30.4 Å². The number of halogens is 1. The van der Waals surface area contributed by atoms with Crippen LogP contribution in [0.3, 0.4) is 0 Å². The van der Waals surface area contributed by atoms with E-state index in [1.54, 1.807) is 12.1 Å². The third-order valence-corrected chi connectivity index (χ3v) is 4.15. The zero-order chi connectivity index (χ0) is 18.4. The number of esters is 1. The number of hydrogen-bond donors (Lipinski definition) is 2. The zero-order valence-electron chi connectivity index (χ0n) is 15.2. The van der Waals surface area contributed by atoms with E-state index in [1.807, 2.05) is 0 Å². The van der Waals surface area contributed by atoms with E-state index in [0.717, 1.165) is 25.7 Å². The van der Waals surface area contributed by atoms with E-state index < -0.39 is 5.97 Å². The van der Waals surface area contributed by atoms with Crippen LogP contribution in [0.25, 0.3) is 0 Å². The van der Waals surface area contributed by atoms with E-state index in [-0.39, 0.29) is 30.5 Å². The lowest BCUT2D eigenvalue weighted by molar-refractivity contribution is 0.0197. The maximum Gasteiger partial charge on any atom is 0.338 e. The topological polar surface area (TPSA) is 118 Å². The third-order valence-electron chi connectivity index (χ3n) is 4.15. The Balaban J connectivity index is 0.00000338. The maximum absolute atomic E-state index is 12.5. The van der Waals surface area contributed by atoms with E-state index in [4.69, 9.17) is 30.4 Å². The molecule has 0 amide bonds. The van der Waals surface area contributed by atoms with Crippen molar-refractivity contribution in [1.29, 1.82) is 0 Å². The number of guanidine groups is 1. The van der Waals surface area contributed by atoms with Crippen molar-refractivity contribution < 1.29 is 23.7 Å². The highest BCUT2D eigenvalue weighted by molar-refractivity contribution is 5.91. The molecule has 1 aromatic carbocycles. The van der Waals surface area contributed by atoms with Crippen LogP contribution in [0, 0.1) is 0 Å². The first-order chi connectivity index (χ1) is 12.0. The highest BCUT2D eigenvalue weighted by Gasteiger charge is 2.25. The highest BCUT2D eigenvalue weighted by Crippen LogP contribution is 2.38. The van der Waals surface area contributed by atoms with Crippen LogP contribution in [0.4, 0.5) is 0 Å². The Labute approximate surface area is 159 Å². The molecular formula is C17H26ClN3O5. The molecule has 0 aromatic heterocycles. The molecule has 9 heteroatoms. The predicted molar refractivity (Wildman–Crippen MR) is 101 cm³/mol. The molecule has 1 aliphatic carbocycles. The van der Waals surface area contributed by atoms with E-state index in [9.17, 15) is 4.79 Å². The van der Waals surface area contributed by atoms with Crippen molar-refractivity contribution in [2.24, 2.45) is 16.5 Å². The number of aliphatic imine (C=N–C) groups is 1. The van der Waals surface area contributed by atoms with Crippen LogP contribution in [0.5, 0.6) is 17.2 Å². The SMILES string of the molecule is COc1cc(C(=O)OC2CCC(N=C(N)N)CC2)cc(OC)c1OC.Cl. The summed E-state index contributed by atoms with van der Waals surface area (Å²) in [6.45, 7) is 0. The van der Waals surface area contributed by atoms with Crippen LogP contribution in [-0.4, -0.2) is 45.4 Å². The first-order valence-electron chi connectivity index (χ1n) is 8.08. The Kier molecular flexibility index (Phi) is 8.31. The summed E-state index contributed by atoms with van der Waals surface area (Å²) in [7, 11) is 4.50. The Morgan fingerprint density at radius 3 is 1.96 bits per heavy atom.